The molecule has 2 heterocycles. The minimum absolute atomic E-state index is 0.0000203. The van der Waals surface area contributed by atoms with Gasteiger partial charge < -0.3 is 14.4 Å². The van der Waals surface area contributed by atoms with Crippen molar-refractivity contribution in [1.29, 1.82) is 0 Å². The van der Waals surface area contributed by atoms with Crippen LogP contribution < -0.4 is 0 Å². The van der Waals surface area contributed by atoms with E-state index in [1.54, 1.807) is 0 Å². The second-order valence-corrected chi connectivity index (χ2v) is 4.40. The summed E-state index contributed by atoms with van der Waals surface area (Å²) in [6, 6.07) is 0. The number of nitrogens with zero attached hydrogens (tertiary/aromatic N) is 3. The van der Waals surface area contributed by atoms with Crippen LogP contribution in [0.5, 0.6) is 0 Å². The molecule has 1 fully saturated rings. The molecule has 1 saturated heterocycles. The van der Waals surface area contributed by atoms with Gasteiger partial charge >= 0.3 is 0 Å². The molecule has 2 unspecified atom stereocenters. The maximum absolute atomic E-state index is 12.2. The van der Waals surface area contributed by atoms with Crippen LogP contribution in [0.25, 0.3) is 0 Å². The zero-order chi connectivity index (χ0) is 13.8. The average Bonchev–Trinajstić information content (AvgIpc) is 2.87. The Morgan fingerprint density at radius 3 is 3.00 bits per heavy atom. The van der Waals surface area contributed by atoms with Crippen molar-refractivity contribution in [3.05, 3.63) is 11.7 Å². The fourth-order valence-electron chi connectivity index (χ4n) is 1.90. The van der Waals surface area contributed by atoms with E-state index in [0.29, 0.717) is 19.0 Å². The Kier molecular flexibility index (Phi) is 4.78. The quantitative estimate of drug-likeness (QED) is 0.851. The monoisotopic (exact) mass is 277 g/mol. The summed E-state index contributed by atoms with van der Waals surface area (Å²) >= 11 is 0. The van der Waals surface area contributed by atoms with Crippen molar-refractivity contribution in [1.82, 2.24) is 15.0 Å². The van der Waals surface area contributed by atoms with Crippen molar-refractivity contribution in [2.75, 3.05) is 26.2 Å². The lowest BCUT2D eigenvalue weighted by molar-refractivity contribution is -0.0334. The Labute approximate surface area is 109 Å². The number of ether oxygens (including phenoxy) is 1. The van der Waals surface area contributed by atoms with Gasteiger partial charge in [0.05, 0.1) is 13.0 Å². The molecule has 8 heteroatoms. The van der Waals surface area contributed by atoms with E-state index in [-0.39, 0.29) is 18.4 Å². The van der Waals surface area contributed by atoms with Crippen LogP contribution in [0.1, 0.15) is 24.7 Å². The van der Waals surface area contributed by atoms with Crippen molar-refractivity contribution in [3.8, 4) is 0 Å². The van der Waals surface area contributed by atoms with Gasteiger partial charge in [0, 0.05) is 13.1 Å². The highest BCUT2D eigenvalue weighted by Gasteiger charge is 2.27. The van der Waals surface area contributed by atoms with E-state index in [9.17, 15) is 8.78 Å². The minimum Gasteiger partial charge on any atom is -0.387 e. The number of aliphatic hydroxyl groups is 1. The van der Waals surface area contributed by atoms with Crippen LogP contribution in [0.2, 0.25) is 0 Å². The van der Waals surface area contributed by atoms with Gasteiger partial charge in [0.25, 0.3) is 6.43 Å². The summed E-state index contributed by atoms with van der Waals surface area (Å²) in [4.78, 5) is 6.18. The first-order chi connectivity index (χ1) is 9.10. The Morgan fingerprint density at radius 2 is 2.32 bits per heavy atom. The maximum atomic E-state index is 12.2. The number of rotatable bonds is 5. The van der Waals surface area contributed by atoms with E-state index < -0.39 is 12.5 Å². The van der Waals surface area contributed by atoms with E-state index in [4.69, 9.17) is 14.4 Å². The molecule has 1 aliphatic heterocycles. The fraction of sp³-hybridized carbons (Fsp3) is 0.818. The summed E-state index contributed by atoms with van der Waals surface area (Å²) in [5, 5.41) is 12.8. The van der Waals surface area contributed by atoms with Crippen molar-refractivity contribution in [2.24, 2.45) is 0 Å². The van der Waals surface area contributed by atoms with Crippen LogP contribution in [0, 0.1) is 0 Å². The highest BCUT2D eigenvalue weighted by atomic mass is 19.3. The molecule has 0 spiro atoms. The van der Waals surface area contributed by atoms with Crippen LogP contribution in [0.4, 0.5) is 8.78 Å². The lowest BCUT2D eigenvalue weighted by Crippen LogP contribution is -2.38. The van der Waals surface area contributed by atoms with Gasteiger partial charge in [-0.05, 0) is 6.54 Å². The number of hydrogen-bond donors (Lipinski definition) is 1. The molecule has 0 saturated carbocycles. The molecule has 0 bridgehead atoms. The first-order valence-electron chi connectivity index (χ1n) is 6.22. The second-order valence-electron chi connectivity index (χ2n) is 4.40. The third kappa shape index (κ3) is 3.68. The van der Waals surface area contributed by atoms with Gasteiger partial charge in [0.1, 0.15) is 12.2 Å². The summed E-state index contributed by atoms with van der Waals surface area (Å²) in [5.74, 6) is 0.342. The zero-order valence-electron chi connectivity index (χ0n) is 10.6. The van der Waals surface area contributed by atoms with Gasteiger partial charge in [-0.3, -0.25) is 4.90 Å². The van der Waals surface area contributed by atoms with Crippen LogP contribution in [0.15, 0.2) is 4.52 Å². The highest BCUT2D eigenvalue weighted by molar-refractivity contribution is 4.95. The van der Waals surface area contributed by atoms with Gasteiger partial charge in [-0.15, -0.1) is 0 Å². The lowest BCUT2D eigenvalue weighted by Gasteiger charge is -2.30. The van der Waals surface area contributed by atoms with Crippen LogP contribution in [-0.2, 0) is 11.2 Å². The molecule has 1 N–H and O–H groups in total. The van der Waals surface area contributed by atoms with Gasteiger partial charge in [-0.1, -0.05) is 12.1 Å². The molecule has 1 aromatic rings. The molecule has 0 radical (unpaired) electrons. The third-order valence-corrected chi connectivity index (χ3v) is 3.04. The van der Waals surface area contributed by atoms with Crippen molar-refractivity contribution in [2.45, 2.75) is 32.0 Å². The molecule has 1 aromatic heterocycles. The van der Waals surface area contributed by atoms with Gasteiger partial charge in [-0.25, -0.2) is 8.78 Å². The molecule has 2 rings (SSSR count). The van der Waals surface area contributed by atoms with Crippen LogP contribution in [0.3, 0.4) is 0 Å². The number of aromatic nitrogens is 2. The standard InChI is InChI=1S/C11H17F2N3O3/c1-2-16-3-4-18-8(6-16)11-14-9(19-15-11)5-7(17)10(12)13/h7-8,10,17H,2-6H2,1H3. The molecule has 2 atom stereocenters. The van der Waals surface area contributed by atoms with Gasteiger partial charge in [-0.2, -0.15) is 4.98 Å². The molecule has 0 amide bonds. The largest absolute Gasteiger partial charge is 0.387 e. The Morgan fingerprint density at radius 1 is 1.53 bits per heavy atom. The number of morpholine rings is 1. The van der Waals surface area contributed by atoms with Crippen LogP contribution >= 0.6 is 0 Å². The molecule has 0 aromatic carbocycles. The first-order valence-corrected chi connectivity index (χ1v) is 6.22. The summed E-state index contributed by atoms with van der Waals surface area (Å²) in [5.41, 5.74) is 0. The molecule has 1 aliphatic rings. The predicted molar refractivity (Wildman–Crippen MR) is 60.8 cm³/mol. The number of halogens is 2. The summed E-state index contributed by atoms with van der Waals surface area (Å²) in [6.07, 6.45) is -5.27. The minimum atomic E-state index is -2.82. The third-order valence-electron chi connectivity index (χ3n) is 3.04. The average molecular weight is 277 g/mol. The second kappa shape index (κ2) is 6.36. The molecule has 108 valence electrons. The van der Waals surface area contributed by atoms with Crippen molar-refractivity contribution >= 4 is 0 Å². The van der Waals surface area contributed by atoms with Crippen molar-refractivity contribution < 1.29 is 23.1 Å². The highest BCUT2D eigenvalue weighted by Crippen LogP contribution is 2.20. The number of hydrogen-bond acceptors (Lipinski definition) is 6. The Hall–Kier alpha value is -1.12. The molecule has 6 nitrogen and oxygen atoms in total. The number of alkyl halides is 2. The first kappa shape index (κ1) is 14.3. The molecular formula is C11H17F2N3O3. The summed E-state index contributed by atoms with van der Waals surface area (Å²) in [7, 11) is 0. The van der Waals surface area contributed by atoms with E-state index in [2.05, 4.69) is 15.0 Å². The molecule has 0 aliphatic carbocycles. The number of aliphatic hydroxyl groups excluding tert-OH is 1. The van der Waals surface area contributed by atoms with Gasteiger partial charge in [0.2, 0.25) is 11.7 Å². The summed E-state index contributed by atoms with van der Waals surface area (Å²) in [6.45, 7) is 5.01. The van der Waals surface area contributed by atoms with E-state index in [1.807, 2.05) is 6.92 Å². The van der Waals surface area contributed by atoms with Crippen LogP contribution in [-0.4, -0.2) is 58.9 Å². The fourth-order valence-corrected chi connectivity index (χ4v) is 1.90. The Bertz CT molecular complexity index is 402. The van der Waals surface area contributed by atoms with E-state index in [1.165, 1.54) is 0 Å². The smallest absolute Gasteiger partial charge is 0.264 e. The van der Waals surface area contributed by atoms with Crippen molar-refractivity contribution in [3.63, 3.8) is 0 Å². The normalized spacial score (nSPS) is 22.9. The Balaban J connectivity index is 1.96. The van der Waals surface area contributed by atoms with Gasteiger partial charge in [0.15, 0.2) is 0 Å². The predicted octanol–water partition coefficient (Wildman–Crippen LogP) is 0.631. The topological polar surface area (TPSA) is 71.6 Å². The zero-order valence-corrected chi connectivity index (χ0v) is 10.6. The molecule has 19 heavy (non-hydrogen) atoms. The summed E-state index contributed by atoms with van der Waals surface area (Å²) < 4.78 is 34.8. The lowest BCUT2D eigenvalue weighted by atomic mass is 10.2. The number of likely N-dealkylation sites (N-methyl/N-ethyl adjacent to an activating group) is 1. The SMILES string of the molecule is CCN1CCOC(c2noc(CC(O)C(F)F)n2)C1. The molecular weight excluding hydrogens is 260 g/mol. The maximum Gasteiger partial charge on any atom is 0.264 e. The van der Waals surface area contributed by atoms with E-state index >= 15 is 0 Å². The van der Waals surface area contributed by atoms with E-state index in [0.717, 1.165) is 13.1 Å².